The van der Waals surface area contributed by atoms with Crippen LogP contribution in [0.15, 0.2) is 52.0 Å². The van der Waals surface area contributed by atoms with Crippen LogP contribution >= 0.6 is 0 Å². The molecule has 10 heteroatoms. The molecule has 0 atom stereocenters. The van der Waals surface area contributed by atoms with Crippen molar-refractivity contribution < 1.29 is 27.2 Å². The fourth-order valence-corrected chi connectivity index (χ4v) is 5.74. The van der Waals surface area contributed by atoms with Crippen molar-refractivity contribution in [3.8, 4) is 28.6 Å². The van der Waals surface area contributed by atoms with Crippen LogP contribution in [-0.2, 0) is 23.2 Å². The molecule has 4 heterocycles. The van der Waals surface area contributed by atoms with E-state index < -0.39 is 10.0 Å². The number of benzene rings is 2. The predicted molar refractivity (Wildman–Crippen MR) is 113 cm³/mol. The summed E-state index contributed by atoms with van der Waals surface area (Å²) in [5.41, 5.74) is 2.54. The van der Waals surface area contributed by atoms with Gasteiger partial charge in [0.1, 0.15) is 12.4 Å². The molecule has 2 aromatic carbocycles. The molecule has 9 nitrogen and oxygen atoms in total. The van der Waals surface area contributed by atoms with Gasteiger partial charge in [0.2, 0.25) is 16.8 Å². The van der Waals surface area contributed by atoms with Gasteiger partial charge in [0.05, 0.1) is 22.2 Å². The van der Waals surface area contributed by atoms with Gasteiger partial charge in [0.25, 0.3) is 0 Å². The van der Waals surface area contributed by atoms with Gasteiger partial charge in [-0.1, -0.05) is 11.2 Å². The van der Waals surface area contributed by atoms with Gasteiger partial charge >= 0.3 is 0 Å². The minimum absolute atomic E-state index is 0.230. The van der Waals surface area contributed by atoms with Crippen molar-refractivity contribution in [1.29, 1.82) is 0 Å². The molecule has 3 aliphatic heterocycles. The van der Waals surface area contributed by atoms with Crippen LogP contribution in [-0.4, -0.2) is 55.8 Å². The van der Waals surface area contributed by atoms with Gasteiger partial charge in [-0.2, -0.15) is 4.31 Å². The average molecular weight is 455 g/mol. The van der Waals surface area contributed by atoms with Crippen molar-refractivity contribution in [2.24, 2.45) is 0 Å². The smallest absolute Gasteiger partial charge is 0.243 e. The van der Waals surface area contributed by atoms with Crippen LogP contribution in [0.4, 0.5) is 0 Å². The SMILES string of the molecule is O=S(=O)(c1ccc2c(c1)-c1oncc1CO2)N1CCN(Cc2ccc3c(c2)OCO3)CC1. The molecule has 166 valence electrons. The first-order chi connectivity index (χ1) is 15.6. The lowest BCUT2D eigenvalue weighted by atomic mass is 10.1. The lowest BCUT2D eigenvalue weighted by Crippen LogP contribution is -2.48. The van der Waals surface area contributed by atoms with E-state index in [4.69, 9.17) is 18.7 Å². The highest BCUT2D eigenvalue weighted by Crippen LogP contribution is 2.39. The van der Waals surface area contributed by atoms with Gasteiger partial charge in [0, 0.05) is 32.7 Å². The maximum atomic E-state index is 13.3. The number of hydrogen-bond donors (Lipinski definition) is 0. The van der Waals surface area contributed by atoms with Gasteiger partial charge in [-0.25, -0.2) is 8.42 Å². The van der Waals surface area contributed by atoms with E-state index in [-0.39, 0.29) is 11.7 Å². The summed E-state index contributed by atoms with van der Waals surface area (Å²) in [5, 5.41) is 3.81. The zero-order valence-electron chi connectivity index (χ0n) is 17.2. The van der Waals surface area contributed by atoms with Crippen molar-refractivity contribution in [1.82, 2.24) is 14.4 Å². The minimum Gasteiger partial charge on any atom is -0.488 e. The van der Waals surface area contributed by atoms with E-state index in [1.54, 1.807) is 24.4 Å². The van der Waals surface area contributed by atoms with Crippen molar-refractivity contribution in [3.63, 3.8) is 0 Å². The Morgan fingerprint density at radius 1 is 0.906 bits per heavy atom. The predicted octanol–water partition coefficient (Wildman–Crippen LogP) is 2.47. The Morgan fingerprint density at radius 2 is 1.72 bits per heavy atom. The summed E-state index contributed by atoms with van der Waals surface area (Å²) in [5.74, 6) is 2.69. The quantitative estimate of drug-likeness (QED) is 0.592. The summed E-state index contributed by atoms with van der Waals surface area (Å²) in [6.45, 7) is 3.49. The molecular weight excluding hydrogens is 434 g/mol. The summed E-state index contributed by atoms with van der Waals surface area (Å²) < 4.78 is 50.0. The third-order valence-corrected chi connectivity index (χ3v) is 7.93. The summed E-state index contributed by atoms with van der Waals surface area (Å²) in [4.78, 5) is 2.47. The first kappa shape index (κ1) is 19.6. The minimum atomic E-state index is -3.63. The Kier molecular flexibility index (Phi) is 4.60. The van der Waals surface area contributed by atoms with Crippen molar-refractivity contribution in [2.75, 3.05) is 33.0 Å². The maximum absolute atomic E-state index is 13.3. The second kappa shape index (κ2) is 7.51. The van der Waals surface area contributed by atoms with Crippen LogP contribution in [0.3, 0.4) is 0 Å². The van der Waals surface area contributed by atoms with E-state index in [2.05, 4.69) is 10.1 Å². The van der Waals surface area contributed by atoms with Gasteiger partial charge in [-0.3, -0.25) is 4.90 Å². The largest absolute Gasteiger partial charge is 0.488 e. The van der Waals surface area contributed by atoms with E-state index in [9.17, 15) is 8.42 Å². The third kappa shape index (κ3) is 3.31. The molecule has 0 N–H and O–H groups in total. The first-order valence-corrected chi connectivity index (χ1v) is 11.8. The van der Waals surface area contributed by atoms with E-state index in [1.807, 2.05) is 18.2 Å². The fourth-order valence-electron chi connectivity index (χ4n) is 4.29. The third-order valence-electron chi connectivity index (χ3n) is 6.04. The molecule has 1 aromatic heterocycles. The van der Waals surface area contributed by atoms with Crippen molar-refractivity contribution in [3.05, 3.63) is 53.7 Å². The molecule has 0 bridgehead atoms. The summed E-state index contributed by atoms with van der Waals surface area (Å²) in [6.07, 6.45) is 1.60. The van der Waals surface area contributed by atoms with Gasteiger partial charge < -0.3 is 18.7 Å². The summed E-state index contributed by atoms with van der Waals surface area (Å²) in [7, 11) is -3.63. The monoisotopic (exact) mass is 455 g/mol. The molecule has 1 saturated heterocycles. The normalized spacial score (nSPS) is 18.1. The average Bonchev–Trinajstić information content (AvgIpc) is 3.48. The zero-order chi connectivity index (χ0) is 21.7. The number of rotatable bonds is 4. The number of hydrogen-bond acceptors (Lipinski definition) is 8. The molecule has 1 fully saturated rings. The van der Waals surface area contributed by atoms with Crippen LogP contribution in [0.5, 0.6) is 17.2 Å². The highest BCUT2D eigenvalue weighted by atomic mass is 32.2. The Morgan fingerprint density at radius 3 is 2.59 bits per heavy atom. The van der Waals surface area contributed by atoms with Crippen LogP contribution < -0.4 is 14.2 Å². The molecule has 0 unspecified atom stereocenters. The Hall–Kier alpha value is -3.08. The fraction of sp³-hybridized carbons (Fsp3) is 0.318. The molecule has 3 aromatic rings. The molecule has 32 heavy (non-hydrogen) atoms. The Balaban J connectivity index is 1.16. The molecule has 0 amide bonds. The van der Waals surface area contributed by atoms with Crippen molar-refractivity contribution in [2.45, 2.75) is 18.0 Å². The first-order valence-electron chi connectivity index (χ1n) is 10.4. The Bertz CT molecular complexity index is 1280. The van der Waals surface area contributed by atoms with Crippen LogP contribution in [0, 0.1) is 0 Å². The topological polar surface area (TPSA) is 94.3 Å². The standard InChI is InChI=1S/C22H21N3O6S/c26-32(27,17-2-4-19-18(10-17)22-16(13-28-19)11-23-31-22)25-7-5-24(6-8-25)12-15-1-3-20-21(9-15)30-14-29-20/h1-4,9-11H,5-8,12-14H2. The number of ether oxygens (including phenoxy) is 3. The molecule has 6 rings (SSSR count). The maximum Gasteiger partial charge on any atom is 0.243 e. The van der Waals surface area contributed by atoms with E-state index in [0.29, 0.717) is 49.9 Å². The van der Waals surface area contributed by atoms with Crippen LogP contribution in [0.1, 0.15) is 11.1 Å². The Labute approximate surface area is 185 Å². The number of fused-ring (bicyclic) bond motifs is 4. The molecule has 3 aliphatic rings. The van der Waals surface area contributed by atoms with Gasteiger partial charge in [0.15, 0.2) is 17.3 Å². The molecule has 0 saturated carbocycles. The number of aromatic nitrogens is 1. The van der Waals surface area contributed by atoms with Crippen LogP contribution in [0.25, 0.3) is 11.3 Å². The molecule has 0 radical (unpaired) electrons. The van der Waals surface area contributed by atoms with Crippen LogP contribution in [0.2, 0.25) is 0 Å². The zero-order valence-corrected chi connectivity index (χ0v) is 18.0. The van der Waals surface area contributed by atoms with E-state index in [1.165, 1.54) is 4.31 Å². The van der Waals surface area contributed by atoms with Crippen molar-refractivity contribution >= 4 is 10.0 Å². The lowest BCUT2D eigenvalue weighted by Gasteiger charge is -2.34. The number of nitrogens with zero attached hydrogens (tertiary/aromatic N) is 3. The summed E-state index contributed by atoms with van der Waals surface area (Å²) >= 11 is 0. The number of piperazine rings is 1. The van der Waals surface area contributed by atoms with E-state index in [0.717, 1.165) is 29.2 Å². The van der Waals surface area contributed by atoms with E-state index >= 15 is 0 Å². The molecule has 0 aliphatic carbocycles. The molecule has 0 spiro atoms. The lowest BCUT2D eigenvalue weighted by molar-refractivity contribution is 0.173. The summed E-state index contributed by atoms with van der Waals surface area (Å²) in [6, 6.07) is 10.8. The highest BCUT2D eigenvalue weighted by molar-refractivity contribution is 7.89. The second-order valence-corrected chi connectivity index (χ2v) is 9.93. The highest BCUT2D eigenvalue weighted by Gasteiger charge is 2.31. The van der Waals surface area contributed by atoms with Gasteiger partial charge in [-0.05, 0) is 35.9 Å². The number of sulfonamides is 1. The molecular formula is C22H21N3O6S. The second-order valence-electron chi connectivity index (χ2n) is 7.99. The van der Waals surface area contributed by atoms with Gasteiger partial charge in [-0.15, -0.1) is 0 Å².